The number of aromatic amines is 1. The van der Waals surface area contributed by atoms with Crippen LogP contribution >= 0.6 is 12.4 Å². The van der Waals surface area contributed by atoms with Crippen molar-refractivity contribution >= 4 is 46.8 Å². The third-order valence-electron chi connectivity index (χ3n) is 4.24. The Morgan fingerprint density at radius 3 is 2.62 bits per heavy atom. The summed E-state index contributed by atoms with van der Waals surface area (Å²) in [6.45, 7) is 0.554. The average molecular weight is 463 g/mol. The summed E-state index contributed by atoms with van der Waals surface area (Å²) in [7, 11) is 1.22. The number of anilines is 1. The maximum atomic E-state index is 11.6. The molecule has 4 rings (SSSR count). The first-order valence-corrected chi connectivity index (χ1v) is 8.93. The Morgan fingerprint density at radius 1 is 1.22 bits per heavy atom. The largest absolute Gasteiger partial charge is 0.482 e. The van der Waals surface area contributed by atoms with Gasteiger partial charge in [0.25, 0.3) is 11.5 Å². The topological polar surface area (TPSA) is 174 Å². The second kappa shape index (κ2) is 10.4. The van der Waals surface area contributed by atoms with Crippen LogP contribution in [-0.2, 0) is 16.1 Å². The maximum absolute atomic E-state index is 11.6. The SMILES string of the molecule is COC(=O)c1ccc2c(=O)[nH]c(C(=O)O)nc2c1.Cl.NCc1ccc2c(c1)NC(=O)CO2. The second-order valence-corrected chi connectivity index (χ2v) is 6.31. The molecule has 2 aromatic carbocycles. The Kier molecular flexibility index (Phi) is 7.88. The van der Waals surface area contributed by atoms with Gasteiger partial charge >= 0.3 is 11.9 Å². The number of hydrogen-bond acceptors (Lipinski definition) is 8. The Bertz CT molecular complexity index is 1240. The number of carbonyl (C=O) groups is 3. The van der Waals surface area contributed by atoms with Gasteiger partial charge in [-0.15, -0.1) is 12.4 Å². The summed E-state index contributed by atoms with van der Waals surface area (Å²) < 4.78 is 9.71. The molecule has 0 fully saturated rings. The molecule has 1 aromatic heterocycles. The van der Waals surface area contributed by atoms with Crippen LogP contribution in [0.3, 0.4) is 0 Å². The minimum absolute atomic E-state index is 0. The number of nitrogens with zero attached hydrogens (tertiary/aromatic N) is 1. The number of amides is 1. The van der Waals surface area contributed by atoms with Crippen LogP contribution in [0.2, 0.25) is 0 Å². The number of esters is 1. The fraction of sp³-hybridized carbons (Fsp3) is 0.150. The smallest absolute Gasteiger partial charge is 0.372 e. The normalized spacial score (nSPS) is 11.6. The monoisotopic (exact) mass is 462 g/mol. The predicted octanol–water partition coefficient (Wildman–Crippen LogP) is 1.31. The molecule has 0 spiro atoms. The van der Waals surface area contributed by atoms with Crippen molar-refractivity contribution in [2.45, 2.75) is 6.54 Å². The van der Waals surface area contributed by atoms with E-state index in [9.17, 15) is 19.2 Å². The third kappa shape index (κ3) is 5.39. The van der Waals surface area contributed by atoms with E-state index in [-0.39, 0.29) is 41.4 Å². The van der Waals surface area contributed by atoms with Gasteiger partial charge in [0.1, 0.15) is 5.75 Å². The van der Waals surface area contributed by atoms with E-state index in [0.29, 0.717) is 18.0 Å². The molecule has 3 aromatic rings. The molecule has 0 unspecified atom stereocenters. The van der Waals surface area contributed by atoms with E-state index in [1.54, 1.807) is 0 Å². The van der Waals surface area contributed by atoms with Crippen molar-refractivity contribution in [1.82, 2.24) is 9.97 Å². The van der Waals surface area contributed by atoms with Gasteiger partial charge < -0.3 is 30.6 Å². The molecule has 0 saturated carbocycles. The number of nitrogens with one attached hydrogen (secondary N) is 2. The van der Waals surface area contributed by atoms with Crippen LogP contribution in [0.1, 0.15) is 26.5 Å². The van der Waals surface area contributed by atoms with Crippen molar-refractivity contribution in [3.05, 3.63) is 63.7 Å². The highest BCUT2D eigenvalue weighted by Gasteiger charge is 2.15. The zero-order valence-electron chi connectivity index (χ0n) is 16.7. The average Bonchev–Trinajstić information content (AvgIpc) is 2.77. The number of carbonyl (C=O) groups excluding carboxylic acids is 2. The van der Waals surface area contributed by atoms with Crippen LogP contribution in [0.25, 0.3) is 10.9 Å². The summed E-state index contributed by atoms with van der Waals surface area (Å²) in [5.41, 5.74) is 6.89. The van der Waals surface area contributed by atoms with Gasteiger partial charge in [-0.05, 0) is 35.9 Å². The summed E-state index contributed by atoms with van der Waals surface area (Å²) in [5.74, 6) is -1.83. The molecule has 0 radical (unpaired) electrons. The summed E-state index contributed by atoms with van der Waals surface area (Å²) in [6, 6.07) is 9.63. The lowest BCUT2D eigenvalue weighted by atomic mass is 10.1. The molecule has 11 nitrogen and oxygen atoms in total. The molecule has 0 saturated heterocycles. The van der Waals surface area contributed by atoms with Crippen molar-refractivity contribution in [2.24, 2.45) is 5.73 Å². The number of nitrogens with two attached hydrogens (primary N) is 1. The lowest BCUT2D eigenvalue weighted by Gasteiger charge is -2.18. The molecule has 0 atom stereocenters. The molecule has 1 aliphatic heterocycles. The number of aromatic nitrogens is 2. The minimum Gasteiger partial charge on any atom is -0.482 e. The summed E-state index contributed by atoms with van der Waals surface area (Å²) >= 11 is 0. The van der Waals surface area contributed by atoms with Gasteiger partial charge in [-0.2, -0.15) is 0 Å². The van der Waals surface area contributed by atoms with Crippen LogP contribution in [0.5, 0.6) is 5.75 Å². The highest BCUT2D eigenvalue weighted by molar-refractivity contribution is 5.96. The number of ether oxygens (including phenoxy) is 2. The Labute approximate surface area is 187 Å². The van der Waals surface area contributed by atoms with E-state index in [1.165, 1.54) is 25.3 Å². The van der Waals surface area contributed by atoms with Gasteiger partial charge in [0, 0.05) is 6.54 Å². The molecule has 1 aliphatic rings. The zero-order valence-corrected chi connectivity index (χ0v) is 17.5. The minimum atomic E-state index is -1.35. The lowest BCUT2D eigenvalue weighted by molar-refractivity contribution is -0.118. The van der Waals surface area contributed by atoms with Crippen LogP contribution in [0.4, 0.5) is 5.69 Å². The standard InChI is InChI=1S/C11H8N2O5.C9H10N2O2.ClH/c1-18-11(17)5-2-3-6-7(4-5)12-8(10(15)16)13-9(6)14;10-4-6-1-2-8-7(3-6)11-9(12)5-13-8;/h2-4H,1H3,(H,15,16)(H,12,13,14);1-3H,4-5,10H2,(H,11,12);1H. The molecule has 0 aliphatic carbocycles. The number of carboxylic acid groups (broad SMARTS) is 1. The number of H-pyrrole nitrogens is 1. The van der Waals surface area contributed by atoms with Crippen LogP contribution in [0, 0.1) is 0 Å². The van der Waals surface area contributed by atoms with E-state index in [4.69, 9.17) is 15.6 Å². The Balaban J connectivity index is 0.000000230. The fourth-order valence-corrected chi connectivity index (χ4v) is 2.74. The number of methoxy groups -OCH3 is 1. The summed E-state index contributed by atoms with van der Waals surface area (Å²) in [6.07, 6.45) is 0. The van der Waals surface area contributed by atoms with Crippen molar-refractivity contribution in [1.29, 1.82) is 0 Å². The number of halogens is 1. The number of carboxylic acids is 1. The third-order valence-corrected chi connectivity index (χ3v) is 4.24. The second-order valence-electron chi connectivity index (χ2n) is 6.31. The molecule has 12 heteroatoms. The van der Waals surface area contributed by atoms with E-state index in [0.717, 1.165) is 5.56 Å². The lowest BCUT2D eigenvalue weighted by Crippen LogP contribution is -2.25. The van der Waals surface area contributed by atoms with Crippen molar-refractivity contribution < 1.29 is 29.0 Å². The molecule has 2 heterocycles. The first kappa shape index (κ1) is 24.3. The quantitative estimate of drug-likeness (QED) is 0.418. The fourth-order valence-electron chi connectivity index (χ4n) is 2.74. The van der Waals surface area contributed by atoms with E-state index >= 15 is 0 Å². The Hall–Kier alpha value is -3.96. The molecule has 5 N–H and O–H groups in total. The first-order chi connectivity index (χ1) is 14.8. The van der Waals surface area contributed by atoms with E-state index in [2.05, 4.69) is 20.0 Å². The molecular weight excluding hydrogens is 444 g/mol. The molecule has 168 valence electrons. The van der Waals surface area contributed by atoms with Crippen LogP contribution < -0.4 is 21.3 Å². The van der Waals surface area contributed by atoms with E-state index in [1.807, 2.05) is 18.2 Å². The summed E-state index contributed by atoms with van der Waals surface area (Å²) in [4.78, 5) is 50.5. The van der Waals surface area contributed by atoms with Gasteiger partial charge in [-0.25, -0.2) is 14.6 Å². The molecular formula is C20H19ClN4O7. The number of hydrogen-bond donors (Lipinski definition) is 4. The van der Waals surface area contributed by atoms with Crippen LogP contribution in [-0.4, -0.2) is 46.6 Å². The zero-order chi connectivity index (χ0) is 22.5. The van der Waals surface area contributed by atoms with Gasteiger partial charge in [0.2, 0.25) is 5.82 Å². The van der Waals surface area contributed by atoms with Crippen molar-refractivity contribution in [3.8, 4) is 5.75 Å². The Morgan fingerprint density at radius 2 is 1.97 bits per heavy atom. The number of rotatable bonds is 3. The highest BCUT2D eigenvalue weighted by Crippen LogP contribution is 2.28. The van der Waals surface area contributed by atoms with Gasteiger partial charge in [-0.3, -0.25) is 9.59 Å². The number of fused-ring (bicyclic) bond motifs is 2. The van der Waals surface area contributed by atoms with Gasteiger partial charge in [0.15, 0.2) is 6.61 Å². The van der Waals surface area contributed by atoms with Gasteiger partial charge in [0.05, 0.1) is 29.3 Å². The number of benzene rings is 2. The molecule has 32 heavy (non-hydrogen) atoms. The van der Waals surface area contributed by atoms with E-state index < -0.39 is 23.3 Å². The molecule has 0 bridgehead atoms. The molecule has 1 amide bonds. The maximum Gasteiger partial charge on any atom is 0.372 e. The van der Waals surface area contributed by atoms with Crippen molar-refractivity contribution in [3.63, 3.8) is 0 Å². The first-order valence-electron chi connectivity index (χ1n) is 8.93. The highest BCUT2D eigenvalue weighted by atomic mass is 35.5. The van der Waals surface area contributed by atoms with Crippen LogP contribution in [0.15, 0.2) is 41.2 Å². The van der Waals surface area contributed by atoms with Crippen molar-refractivity contribution in [2.75, 3.05) is 19.0 Å². The summed E-state index contributed by atoms with van der Waals surface area (Å²) in [5, 5.41) is 11.7. The predicted molar refractivity (Wildman–Crippen MR) is 116 cm³/mol. The van der Waals surface area contributed by atoms with Gasteiger partial charge in [-0.1, -0.05) is 6.07 Å². The number of aromatic carboxylic acids is 1.